The summed E-state index contributed by atoms with van der Waals surface area (Å²) in [6.07, 6.45) is 0. The predicted molar refractivity (Wildman–Crippen MR) is 85.4 cm³/mol. The normalized spacial score (nSPS) is 10.4. The molecule has 0 bridgehead atoms. The largest absolute Gasteiger partial charge is 0.488 e. The van der Waals surface area contributed by atoms with Crippen molar-refractivity contribution in [3.63, 3.8) is 0 Å². The van der Waals surface area contributed by atoms with E-state index in [1.807, 2.05) is 13.8 Å². The van der Waals surface area contributed by atoms with E-state index in [2.05, 4.69) is 5.32 Å². The molecule has 0 saturated carbocycles. The maximum absolute atomic E-state index is 12.0. The molecule has 22 heavy (non-hydrogen) atoms. The third-order valence-electron chi connectivity index (χ3n) is 2.93. The summed E-state index contributed by atoms with van der Waals surface area (Å²) in [5, 5.41) is 20.9. The molecule has 0 atom stereocenters. The lowest BCUT2D eigenvalue weighted by atomic mass is 9.80. The summed E-state index contributed by atoms with van der Waals surface area (Å²) in [5.74, 6) is 0.929. The van der Waals surface area contributed by atoms with Gasteiger partial charge in [0, 0.05) is 11.6 Å². The molecule has 6 heteroatoms. The third kappa shape index (κ3) is 4.34. The number of ether oxygens (including phenoxy) is 1. The van der Waals surface area contributed by atoms with Crippen molar-refractivity contribution in [2.75, 3.05) is 0 Å². The smallest absolute Gasteiger partial charge is 0.457 e. The first-order valence-electron chi connectivity index (χ1n) is 7.00. The maximum atomic E-state index is 12.0. The number of benzene rings is 2. The number of carbonyl (C=O) groups is 1. The van der Waals surface area contributed by atoms with Crippen molar-refractivity contribution in [3.8, 4) is 11.5 Å². The van der Waals surface area contributed by atoms with E-state index in [1.54, 1.807) is 48.5 Å². The van der Waals surface area contributed by atoms with Gasteiger partial charge in [0.05, 0.1) is 0 Å². The molecule has 5 nitrogen and oxygen atoms in total. The molecule has 2 rings (SSSR count). The number of nitrogens with one attached hydrogen (secondary N) is 1. The molecular formula is C16H18BNO4. The van der Waals surface area contributed by atoms with Crippen molar-refractivity contribution in [1.82, 2.24) is 5.32 Å². The first-order chi connectivity index (χ1) is 10.5. The second-order valence-electron chi connectivity index (χ2n) is 5.20. The zero-order valence-electron chi connectivity index (χ0n) is 12.5. The molecule has 2 aromatic rings. The summed E-state index contributed by atoms with van der Waals surface area (Å²) in [4.78, 5) is 12.0. The molecule has 0 saturated heterocycles. The Morgan fingerprint density at radius 1 is 1.09 bits per heavy atom. The summed E-state index contributed by atoms with van der Waals surface area (Å²) in [6.45, 7) is 3.80. The lowest BCUT2D eigenvalue weighted by Gasteiger charge is -2.10. The van der Waals surface area contributed by atoms with Crippen LogP contribution in [-0.4, -0.2) is 29.1 Å². The Balaban J connectivity index is 2.11. The molecule has 3 N–H and O–H groups in total. The molecule has 0 aliphatic rings. The lowest BCUT2D eigenvalue weighted by Crippen LogP contribution is -2.30. The van der Waals surface area contributed by atoms with Crippen LogP contribution in [0.1, 0.15) is 24.2 Å². The molecule has 114 valence electrons. The summed E-state index contributed by atoms with van der Waals surface area (Å²) in [7, 11) is -1.50. The quantitative estimate of drug-likeness (QED) is 0.727. The molecule has 0 unspecified atom stereocenters. The molecule has 0 radical (unpaired) electrons. The van der Waals surface area contributed by atoms with Gasteiger partial charge in [0.15, 0.2) is 0 Å². The van der Waals surface area contributed by atoms with Crippen molar-refractivity contribution in [2.45, 2.75) is 19.9 Å². The van der Waals surface area contributed by atoms with Crippen molar-refractivity contribution in [3.05, 3.63) is 54.1 Å². The van der Waals surface area contributed by atoms with Crippen molar-refractivity contribution >= 4 is 18.5 Å². The van der Waals surface area contributed by atoms with Crippen molar-refractivity contribution in [1.29, 1.82) is 0 Å². The van der Waals surface area contributed by atoms with Gasteiger partial charge in [0.2, 0.25) is 0 Å². The van der Waals surface area contributed by atoms with Crippen LogP contribution < -0.4 is 15.5 Å². The SMILES string of the molecule is CC(C)NC(=O)c1cccc(Oc2ccc(B(O)O)cc2)c1. The minimum absolute atomic E-state index is 0.0644. The standard InChI is InChI=1S/C16H18BNO4/c1-11(2)18-16(19)12-4-3-5-15(10-12)22-14-8-6-13(7-9-14)17(20)21/h3-11,20-21H,1-2H3,(H,18,19). The van der Waals surface area contributed by atoms with E-state index in [9.17, 15) is 4.79 Å². The second-order valence-corrected chi connectivity index (χ2v) is 5.20. The summed E-state index contributed by atoms with van der Waals surface area (Å²) >= 11 is 0. The van der Waals surface area contributed by atoms with E-state index in [0.29, 0.717) is 22.5 Å². The Bertz CT molecular complexity index is 641. The zero-order valence-corrected chi connectivity index (χ0v) is 12.5. The van der Waals surface area contributed by atoms with Crippen molar-refractivity contribution in [2.24, 2.45) is 0 Å². The van der Waals surface area contributed by atoms with Gasteiger partial charge in [0.25, 0.3) is 5.91 Å². The minimum atomic E-state index is -1.50. The van der Waals surface area contributed by atoms with Crippen LogP contribution in [0.25, 0.3) is 0 Å². The summed E-state index contributed by atoms with van der Waals surface area (Å²) < 4.78 is 5.67. The van der Waals surface area contributed by atoms with Gasteiger partial charge >= 0.3 is 7.12 Å². The molecular weight excluding hydrogens is 281 g/mol. The molecule has 0 aliphatic heterocycles. The van der Waals surface area contributed by atoms with E-state index >= 15 is 0 Å². The highest BCUT2D eigenvalue weighted by molar-refractivity contribution is 6.58. The van der Waals surface area contributed by atoms with Crippen LogP contribution in [0.15, 0.2) is 48.5 Å². The molecule has 0 aliphatic carbocycles. The van der Waals surface area contributed by atoms with Gasteiger partial charge in [0.1, 0.15) is 11.5 Å². The number of hydrogen-bond acceptors (Lipinski definition) is 4. The summed E-state index contributed by atoms with van der Waals surface area (Å²) in [5.41, 5.74) is 0.908. The Morgan fingerprint density at radius 3 is 2.36 bits per heavy atom. The minimum Gasteiger partial charge on any atom is -0.457 e. The van der Waals surface area contributed by atoms with Gasteiger partial charge < -0.3 is 20.1 Å². The van der Waals surface area contributed by atoms with Gasteiger partial charge in [-0.2, -0.15) is 0 Å². The van der Waals surface area contributed by atoms with Crippen LogP contribution >= 0.6 is 0 Å². The highest BCUT2D eigenvalue weighted by Gasteiger charge is 2.11. The molecule has 0 heterocycles. The van der Waals surface area contributed by atoms with Crippen LogP contribution in [0.4, 0.5) is 0 Å². The first-order valence-corrected chi connectivity index (χ1v) is 7.00. The fourth-order valence-electron chi connectivity index (χ4n) is 1.89. The van der Waals surface area contributed by atoms with Gasteiger partial charge in [-0.15, -0.1) is 0 Å². The second kappa shape index (κ2) is 7.11. The van der Waals surface area contributed by atoms with Crippen LogP contribution in [0, 0.1) is 0 Å². The average molecular weight is 299 g/mol. The summed E-state index contributed by atoms with van der Waals surface area (Å²) in [6, 6.07) is 13.3. The molecule has 0 aromatic heterocycles. The van der Waals surface area contributed by atoms with E-state index in [-0.39, 0.29) is 11.9 Å². The Hall–Kier alpha value is -2.31. The van der Waals surface area contributed by atoms with Crippen molar-refractivity contribution < 1.29 is 19.6 Å². The predicted octanol–water partition coefficient (Wildman–Crippen LogP) is 1.30. The van der Waals surface area contributed by atoms with E-state index in [0.717, 1.165) is 0 Å². The Kier molecular flexibility index (Phi) is 5.19. The van der Waals surface area contributed by atoms with Gasteiger partial charge in [-0.25, -0.2) is 0 Å². The number of carbonyl (C=O) groups excluding carboxylic acids is 1. The van der Waals surface area contributed by atoms with Crippen LogP contribution in [0.2, 0.25) is 0 Å². The topological polar surface area (TPSA) is 78.8 Å². The first kappa shape index (κ1) is 16.1. The highest BCUT2D eigenvalue weighted by atomic mass is 16.5. The zero-order chi connectivity index (χ0) is 16.1. The molecule has 1 amide bonds. The van der Waals surface area contributed by atoms with Gasteiger partial charge in [-0.05, 0) is 49.6 Å². The average Bonchev–Trinajstić information content (AvgIpc) is 2.47. The van der Waals surface area contributed by atoms with Crippen LogP contribution in [0.3, 0.4) is 0 Å². The fraction of sp³-hybridized carbons (Fsp3) is 0.188. The molecule has 0 spiro atoms. The third-order valence-corrected chi connectivity index (χ3v) is 2.93. The Labute approximate surface area is 129 Å². The van der Waals surface area contributed by atoms with Gasteiger partial charge in [-0.1, -0.05) is 18.2 Å². The van der Waals surface area contributed by atoms with Crippen LogP contribution in [0.5, 0.6) is 11.5 Å². The highest BCUT2D eigenvalue weighted by Crippen LogP contribution is 2.21. The Morgan fingerprint density at radius 2 is 1.77 bits per heavy atom. The van der Waals surface area contributed by atoms with Gasteiger partial charge in [-0.3, -0.25) is 4.79 Å². The molecule has 0 fully saturated rings. The molecule has 2 aromatic carbocycles. The fourth-order valence-corrected chi connectivity index (χ4v) is 1.89. The van der Waals surface area contributed by atoms with E-state index in [4.69, 9.17) is 14.8 Å². The van der Waals surface area contributed by atoms with Crippen LogP contribution in [-0.2, 0) is 0 Å². The number of rotatable bonds is 5. The number of hydrogen-bond donors (Lipinski definition) is 3. The number of amides is 1. The van der Waals surface area contributed by atoms with E-state index in [1.165, 1.54) is 0 Å². The lowest BCUT2D eigenvalue weighted by molar-refractivity contribution is 0.0943. The monoisotopic (exact) mass is 299 g/mol. The van der Waals surface area contributed by atoms with E-state index < -0.39 is 7.12 Å². The maximum Gasteiger partial charge on any atom is 0.488 e.